The van der Waals surface area contributed by atoms with E-state index in [2.05, 4.69) is 31.8 Å². The van der Waals surface area contributed by atoms with Crippen LogP contribution in [-0.2, 0) is 16.2 Å². The third-order valence-electron chi connectivity index (χ3n) is 4.51. The van der Waals surface area contributed by atoms with Crippen LogP contribution in [0, 0.1) is 12.7 Å². The highest BCUT2D eigenvalue weighted by Crippen LogP contribution is 2.29. The second-order valence-electron chi connectivity index (χ2n) is 7.19. The molecule has 2 amide bonds. The summed E-state index contributed by atoms with van der Waals surface area (Å²) in [4.78, 5) is 23.9. The molecule has 0 aliphatic carbocycles. The van der Waals surface area contributed by atoms with Gasteiger partial charge >= 0.3 is 11.8 Å². The lowest BCUT2D eigenvalue weighted by Gasteiger charge is -2.13. The van der Waals surface area contributed by atoms with Crippen LogP contribution in [0.5, 0.6) is 11.5 Å². The molecule has 0 spiro atoms. The van der Waals surface area contributed by atoms with Crippen molar-refractivity contribution in [3.63, 3.8) is 0 Å². The van der Waals surface area contributed by atoms with Crippen molar-refractivity contribution in [2.24, 2.45) is 5.10 Å². The Morgan fingerprint density at radius 1 is 1.03 bits per heavy atom. The van der Waals surface area contributed by atoms with Gasteiger partial charge in [0.15, 0.2) is 11.5 Å². The third kappa shape index (κ3) is 7.14. The minimum absolute atomic E-state index is 0.116. The molecule has 0 aliphatic rings. The van der Waals surface area contributed by atoms with Crippen molar-refractivity contribution in [3.05, 3.63) is 87.6 Å². The number of benzene rings is 3. The lowest BCUT2D eigenvalue weighted by atomic mass is 10.1. The Labute approximate surface area is 205 Å². The van der Waals surface area contributed by atoms with E-state index in [4.69, 9.17) is 9.47 Å². The molecular formula is C25H23BrFN3O4. The lowest BCUT2D eigenvalue weighted by molar-refractivity contribution is -0.136. The molecule has 0 bridgehead atoms. The molecule has 3 aromatic rings. The molecule has 7 nitrogen and oxygen atoms in total. The summed E-state index contributed by atoms with van der Waals surface area (Å²) in [7, 11) is 0. The number of carbonyl (C=O) groups excluding carboxylic acids is 2. The number of halogens is 2. The number of rotatable bonds is 8. The summed E-state index contributed by atoms with van der Waals surface area (Å²) in [6.07, 6.45) is 1.36. The Bertz CT molecular complexity index is 1220. The predicted octanol–water partition coefficient (Wildman–Crippen LogP) is 4.96. The summed E-state index contributed by atoms with van der Waals surface area (Å²) in [5, 5.41) is 5.98. The van der Waals surface area contributed by atoms with Gasteiger partial charge in [-0.05, 0) is 61.4 Å². The highest BCUT2D eigenvalue weighted by Gasteiger charge is 2.15. The molecule has 0 atom stereocenters. The first-order chi connectivity index (χ1) is 16.4. The molecule has 2 N–H and O–H groups in total. The number of aryl methyl sites for hydroxylation is 1. The van der Waals surface area contributed by atoms with Gasteiger partial charge in [-0.3, -0.25) is 9.59 Å². The first kappa shape index (κ1) is 24.9. The van der Waals surface area contributed by atoms with Crippen molar-refractivity contribution in [1.82, 2.24) is 5.43 Å². The molecule has 0 fully saturated rings. The summed E-state index contributed by atoms with van der Waals surface area (Å²) in [6, 6.07) is 17.3. The SMILES string of the molecule is CCOc1cc(/C=N/NC(=O)C(=O)Nc2ccc(Br)cc2F)ccc1OCc1cccc(C)c1. The maximum absolute atomic E-state index is 13.8. The van der Waals surface area contributed by atoms with Crippen molar-refractivity contribution in [3.8, 4) is 11.5 Å². The van der Waals surface area contributed by atoms with Crippen LogP contribution in [0.25, 0.3) is 0 Å². The Morgan fingerprint density at radius 2 is 1.85 bits per heavy atom. The molecule has 0 saturated carbocycles. The van der Waals surface area contributed by atoms with E-state index in [9.17, 15) is 14.0 Å². The highest BCUT2D eigenvalue weighted by atomic mass is 79.9. The van der Waals surface area contributed by atoms with E-state index in [-0.39, 0.29) is 5.69 Å². The number of anilines is 1. The minimum atomic E-state index is -1.05. The second kappa shape index (κ2) is 11.9. The van der Waals surface area contributed by atoms with E-state index in [0.717, 1.165) is 11.1 Å². The predicted molar refractivity (Wildman–Crippen MR) is 132 cm³/mol. The normalized spacial score (nSPS) is 10.7. The number of hydrogen-bond donors (Lipinski definition) is 2. The average molecular weight is 528 g/mol. The Morgan fingerprint density at radius 3 is 2.59 bits per heavy atom. The van der Waals surface area contributed by atoms with Crippen molar-refractivity contribution in [1.29, 1.82) is 0 Å². The zero-order valence-corrected chi connectivity index (χ0v) is 20.2. The molecule has 0 unspecified atom stereocenters. The number of ether oxygens (including phenoxy) is 2. The van der Waals surface area contributed by atoms with Crippen LogP contribution in [0.1, 0.15) is 23.6 Å². The number of nitrogens with zero attached hydrogens (tertiary/aromatic N) is 1. The molecule has 0 radical (unpaired) electrons. The molecular weight excluding hydrogens is 505 g/mol. The Kier molecular flexibility index (Phi) is 8.75. The summed E-state index contributed by atoms with van der Waals surface area (Å²) >= 11 is 3.12. The zero-order valence-electron chi connectivity index (χ0n) is 18.6. The van der Waals surface area contributed by atoms with Crippen molar-refractivity contribution in [2.75, 3.05) is 11.9 Å². The van der Waals surface area contributed by atoms with Gasteiger partial charge in [0, 0.05) is 4.47 Å². The molecule has 3 aromatic carbocycles. The van der Waals surface area contributed by atoms with Crippen molar-refractivity contribution in [2.45, 2.75) is 20.5 Å². The maximum atomic E-state index is 13.8. The van der Waals surface area contributed by atoms with E-state index in [1.54, 1.807) is 24.3 Å². The number of hydrogen-bond acceptors (Lipinski definition) is 5. The van der Waals surface area contributed by atoms with Gasteiger partial charge in [0.25, 0.3) is 0 Å². The summed E-state index contributed by atoms with van der Waals surface area (Å²) < 4.78 is 25.9. The fraction of sp³-hybridized carbons (Fsp3) is 0.160. The largest absolute Gasteiger partial charge is 0.490 e. The average Bonchev–Trinajstić information content (AvgIpc) is 2.80. The quantitative estimate of drug-likeness (QED) is 0.246. The zero-order chi connectivity index (χ0) is 24.5. The van der Waals surface area contributed by atoms with Crippen LogP contribution in [0.15, 0.2) is 70.2 Å². The topological polar surface area (TPSA) is 89.0 Å². The minimum Gasteiger partial charge on any atom is -0.490 e. The number of carbonyl (C=O) groups is 2. The van der Waals surface area contributed by atoms with E-state index >= 15 is 0 Å². The van der Waals surface area contributed by atoms with Crippen LogP contribution < -0.4 is 20.2 Å². The monoisotopic (exact) mass is 527 g/mol. The summed E-state index contributed by atoms with van der Waals surface area (Å²) in [5.41, 5.74) is 4.80. The van der Waals surface area contributed by atoms with Gasteiger partial charge in [0.2, 0.25) is 0 Å². The van der Waals surface area contributed by atoms with Gasteiger partial charge in [-0.15, -0.1) is 0 Å². The van der Waals surface area contributed by atoms with E-state index in [1.807, 2.05) is 38.1 Å². The van der Waals surface area contributed by atoms with Crippen molar-refractivity contribution >= 4 is 39.6 Å². The number of hydrazone groups is 1. The third-order valence-corrected chi connectivity index (χ3v) is 5.00. The highest BCUT2D eigenvalue weighted by molar-refractivity contribution is 9.10. The summed E-state index contributed by atoms with van der Waals surface area (Å²) in [6.45, 7) is 4.70. The molecule has 0 saturated heterocycles. The van der Waals surface area contributed by atoms with Gasteiger partial charge in [0.05, 0.1) is 18.5 Å². The van der Waals surface area contributed by atoms with Gasteiger partial charge in [0.1, 0.15) is 12.4 Å². The number of nitrogens with one attached hydrogen (secondary N) is 2. The lowest BCUT2D eigenvalue weighted by Crippen LogP contribution is -2.32. The van der Waals surface area contributed by atoms with Gasteiger partial charge in [-0.1, -0.05) is 45.8 Å². The standard InChI is InChI=1S/C25H23BrFN3O4/c1-3-33-23-12-17(7-10-22(23)34-15-18-6-4-5-16(2)11-18)14-28-30-25(32)24(31)29-21-9-8-19(26)13-20(21)27/h4-14H,3,15H2,1-2H3,(H,29,31)(H,30,32)/b28-14+. The Balaban J connectivity index is 1.60. The van der Waals surface area contributed by atoms with E-state index < -0.39 is 17.6 Å². The fourth-order valence-corrected chi connectivity index (χ4v) is 3.27. The van der Waals surface area contributed by atoms with Crippen LogP contribution in [0.3, 0.4) is 0 Å². The van der Waals surface area contributed by atoms with Crippen LogP contribution in [0.2, 0.25) is 0 Å². The van der Waals surface area contributed by atoms with E-state index in [1.165, 1.54) is 18.3 Å². The van der Waals surface area contributed by atoms with Crippen LogP contribution >= 0.6 is 15.9 Å². The second-order valence-corrected chi connectivity index (χ2v) is 8.11. The van der Waals surface area contributed by atoms with Crippen LogP contribution in [-0.4, -0.2) is 24.6 Å². The fourth-order valence-electron chi connectivity index (χ4n) is 2.94. The molecule has 9 heteroatoms. The molecule has 34 heavy (non-hydrogen) atoms. The van der Waals surface area contributed by atoms with Gasteiger partial charge in [-0.2, -0.15) is 5.10 Å². The smallest absolute Gasteiger partial charge is 0.329 e. The summed E-state index contributed by atoms with van der Waals surface area (Å²) in [5.74, 6) is -1.67. The molecule has 0 aliphatic heterocycles. The molecule has 0 heterocycles. The van der Waals surface area contributed by atoms with Gasteiger partial charge in [-0.25, -0.2) is 9.82 Å². The molecule has 176 valence electrons. The maximum Gasteiger partial charge on any atom is 0.329 e. The van der Waals surface area contributed by atoms with E-state index in [0.29, 0.717) is 34.7 Å². The number of amides is 2. The molecule has 0 aromatic heterocycles. The van der Waals surface area contributed by atoms with Gasteiger partial charge < -0.3 is 14.8 Å². The van der Waals surface area contributed by atoms with Crippen molar-refractivity contribution < 1.29 is 23.5 Å². The van der Waals surface area contributed by atoms with Crippen LogP contribution in [0.4, 0.5) is 10.1 Å². The molecule has 3 rings (SSSR count). The first-order valence-corrected chi connectivity index (χ1v) is 11.2. The first-order valence-electron chi connectivity index (χ1n) is 10.4. The Hall–Kier alpha value is -3.72.